The van der Waals surface area contributed by atoms with E-state index >= 15 is 0 Å². The summed E-state index contributed by atoms with van der Waals surface area (Å²) < 4.78 is 0. The van der Waals surface area contributed by atoms with Crippen molar-refractivity contribution < 1.29 is 19.8 Å². The minimum absolute atomic E-state index is 0.248. The van der Waals surface area contributed by atoms with E-state index in [1.165, 1.54) is 6.07 Å². The summed E-state index contributed by atoms with van der Waals surface area (Å²) >= 11 is 0. The molecule has 0 aromatic heterocycles. The van der Waals surface area contributed by atoms with Gasteiger partial charge in [-0.3, -0.25) is 0 Å². The Balaban J connectivity index is 3.56. The Morgan fingerprint density at radius 2 is 1.69 bits per heavy atom. The first-order valence-corrected chi connectivity index (χ1v) is 5.10. The molecule has 0 unspecified atom stereocenters. The Kier molecular flexibility index (Phi) is 3.66. The number of aryl methyl sites for hydroxylation is 1. The number of carboxylic acid groups (broad SMARTS) is 2. The fraction of sp³-hybridized carbons (Fsp3) is 0.333. The van der Waals surface area contributed by atoms with Crippen LogP contribution in [0.3, 0.4) is 0 Å². The van der Waals surface area contributed by atoms with Crippen LogP contribution in [-0.2, 0) is 12.8 Å². The average molecular weight is 220 g/mol. The first kappa shape index (κ1) is 12.2. The molecule has 0 saturated carbocycles. The van der Waals surface area contributed by atoms with Crippen LogP contribution >= 0.6 is 0 Å². The molecule has 0 bridgehead atoms. The minimum Gasteiger partial charge on any atom is -0.545 e. The Morgan fingerprint density at radius 1 is 1.06 bits per heavy atom. The van der Waals surface area contributed by atoms with Gasteiger partial charge in [-0.15, -0.1) is 0 Å². The number of carboxylic acids is 2. The maximum atomic E-state index is 11.0. The van der Waals surface area contributed by atoms with Crippen LogP contribution < -0.4 is 10.2 Å². The molecule has 4 nitrogen and oxygen atoms in total. The highest BCUT2D eigenvalue weighted by atomic mass is 16.4. The minimum atomic E-state index is -1.49. The van der Waals surface area contributed by atoms with Crippen LogP contribution in [0.5, 0.6) is 0 Å². The Hall–Kier alpha value is -1.84. The van der Waals surface area contributed by atoms with Gasteiger partial charge in [0.25, 0.3) is 0 Å². The summed E-state index contributed by atoms with van der Waals surface area (Å²) in [6.45, 7) is 3.66. The first-order chi connectivity index (χ1) is 7.52. The summed E-state index contributed by atoms with van der Waals surface area (Å²) in [7, 11) is 0. The van der Waals surface area contributed by atoms with E-state index in [0.717, 1.165) is 5.56 Å². The lowest BCUT2D eigenvalue weighted by Crippen LogP contribution is -2.31. The predicted molar refractivity (Wildman–Crippen MR) is 53.9 cm³/mol. The Morgan fingerprint density at radius 3 is 2.06 bits per heavy atom. The lowest BCUT2D eigenvalue weighted by atomic mass is 9.93. The summed E-state index contributed by atoms with van der Waals surface area (Å²) in [6, 6.07) is 2.88. The van der Waals surface area contributed by atoms with Crippen LogP contribution in [0.25, 0.3) is 0 Å². The van der Waals surface area contributed by atoms with Crippen LogP contribution in [-0.4, -0.2) is 11.9 Å². The van der Waals surface area contributed by atoms with Crippen molar-refractivity contribution in [2.24, 2.45) is 0 Å². The van der Waals surface area contributed by atoms with E-state index in [2.05, 4.69) is 0 Å². The van der Waals surface area contributed by atoms with E-state index in [-0.39, 0.29) is 11.1 Å². The molecule has 1 aromatic carbocycles. The smallest absolute Gasteiger partial charge is 0.0724 e. The van der Waals surface area contributed by atoms with Crippen molar-refractivity contribution in [1.29, 1.82) is 0 Å². The molecule has 16 heavy (non-hydrogen) atoms. The normalized spacial score (nSPS) is 10.1. The fourth-order valence-corrected chi connectivity index (χ4v) is 1.83. The van der Waals surface area contributed by atoms with E-state index in [1.54, 1.807) is 13.0 Å². The fourth-order valence-electron chi connectivity index (χ4n) is 1.83. The number of rotatable bonds is 4. The van der Waals surface area contributed by atoms with Crippen LogP contribution in [0.2, 0.25) is 0 Å². The second-order valence-corrected chi connectivity index (χ2v) is 3.41. The third-order valence-corrected chi connectivity index (χ3v) is 2.57. The summed E-state index contributed by atoms with van der Waals surface area (Å²) in [5, 5.41) is 21.8. The lowest BCUT2D eigenvalue weighted by Gasteiger charge is -2.18. The Bertz CT molecular complexity index is 435. The molecular formula is C12H12O4-2. The van der Waals surface area contributed by atoms with Gasteiger partial charge in [0.15, 0.2) is 0 Å². The molecule has 0 spiro atoms. The van der Waals surface area contributed by atoms with E-state index in [0.29, 0.717) is 18.4 Å². The van der Waals surface area contributed by atoms with Gasteiger partial charge in [0.05, 0.1) is 11.9 Å². The zero-order valence-corrected chi connectivity index (χ0v) is 9.20. The summed E-state index contributed by atoms with van der Waals surface area (Å²) in [4.78, 5) is 21.8. The largest absolute Gasteiger partial charge is 0.545 e. The van der Waals surface area contributed by atoms with Gasteiger partial charge in [-0.05, 0) is 24.0 Å². The van der Waals surface area contributed by atoms with Gasteiger partial charge < -0.3 is 19.8 Å². The lowest BCUT2D eigenvalue weighted by molar-refractivity contribution is -0.259. The van der Waals surface area contributed by atoms with Crippen molar-refractivity contribution in [2.45, 2.75) is 26.7 Å². The molecule has 0 fully saturated rings. The third-order valence-electron chi connectivity index (χ3n) is 2.57. The summed E-state index contributed by atoms with van der Waals surface area (Å²) in [5.41, 5.74) is 0.784. The highest BCUT2D eigenvalue weighted by molar-refractivity contribution is 6.01. The van der Waals surface area contributed by atoms with Gasteiger partial charge in [-0.25, -0.2) is 0 Å². The van der Waals surface area contributed by atoms with Crippen molar-refractivity contribution in [2.75, 3.05) is 0 Å². The second kappa shape index (κ2) is 4.79. The first-order valence-electron chi connectivity index (χ1n) is 5.10. The molecule has 4 heteroatoms. The topological polar surface area (TPSA) is 80.3 Å². The molecule has 0 atom stereocenters. The van der Waals surface area contributed by atoms with Gasteiger partial charge in [-0.2, -0.15) is 0 Å². The zero-order chi connectivity index (χ0) is 12.3. The van der Waals surface area contributed by atoms with Crippen LogP contribution in [0.4, 0.5) is 0 Å². The highest BCUT2D eigenvalue weighted by Gasteiger charge is 2.12. The summed E-state index contributed by atoms with van der Waals surface area (Å²) in [6.07, 6.45) is 1.10. The molecule has 0 amide bonds. The maximum absolute atomic E-state index is 11.0. The molecule has 0 N–H and O–H groups in total. The predicted octanol–water partition coefficient (Wildman–Crippen LogP) is -0.462. The third kappa shape index (κ3) is 2.05. The highest BCUT2D eigenvalue weighted by Crippen LogP contribution is 2.20. The quantitative estimate of drug-likeness (QED) is 0.687. The SMILES string of the molecule is CCc1ccc(C(=O)[O-])c(C(=O)[O-])c1CC. The van der Waals surface area contributed by atoms with Crippen molar-refractivity contribution >= 4 is 11.9 Å². The van der Waals surface area contributed by atoms with E-state index in [9.17, 15) is 19.8 Å². The molecule has 0 heterocycles. The van der Waals surface area contributed by atoms with Crippen molar-refractivity contribution in [1.82, 2.24) is 0 Å². The van der Waals surface area contributed by atoms with E-state index in [1.807, 2.05) is 6.92 Å². The van der Waals surface area contributed by atoms with Gasteiger partial charge in [0.2, 0.25) is 0 Å². The van der Waals surface area contributed by atoms with Crippen molar-refractivity contribution in [3.05, 3.63) is 34.4 Å². The number of hydrogen-bond acceptors (Lipinski definition) is 4. The molecule has 0 aliphatic heterocycles. The van der Waals surface area contributed by atoms with Crippen molar-refractivity contribution in [3.63, 3.8) is 0 Å². The number of aromatic carboxylic acids is 2. The van der Waals surface area contributed by atoms with Crippen LogP contribution in [0, 0.1) is 0 Å². The van der Waals surface area contributed by atoms with Crippen LogP contribution in [0.15, 0.2) is 12.1 Å². The van der Waals surface area contributed by atoms with E-state index in [4.69, 9.17) is 0 Å². The zero-order valence-electron chi connectivity index (χ0n) is 9.20. The molecule has 0 saturated heterocycles. The molecule has 1 aromatic rings. The molecule has 0 aliphatic carbocycles. The standard InChI is InChI=1S/C12H14O4/c1-3-7-5-6-9(11(13)14)10(12(15)16)8(7)4-2/h5-6H,3-4H2,1-2H3,(H,13,14)(H,15,16)/p-2. The molecule has 86 valence electrons. The molecule has 0 radical (unpaired) electrons. The average Bonchev–Trinajstić information content (AvgIpc) is 2.26. The molecule has 1 rings (SSSR count). The molecular weight excluding hydrogens is 208 g/mol. The van der Waals surface area contributed by atoms with Gasteiger partial charge in [-0.1, -0.05) is 26.0 Å². The van der Waals surface area contributed by atoms with Crippen molar-refractivity contribution in [3.8, 4) is 0 Å². The Labute approximate surface area is 93.5 Å². The maximum Gasteiger partial charge on any atom is 0.0724 e. The number of hydrogen-bond donors (Lipinski definition) is 0. The number of carbonyl (C=O) groups is 2. The second-order valence-electron chi connectivity index (χ2n) is 3.41. The van der Waals surface area contributed by atoms with Gasteiger partial charge in [0, 0.05) is 11.1 Å². The van der Waals surface area contributed by atoms with Crippen LogP contribution in [0.1, 0.15) is 45.7 Å². The number of carbonyl (C=O) groups excluding carboxylic acids is 2. The number of benzene rings is 1. The summed E-state index contributed by atoms with van der Waals surface area (Å²) in [5.74, 6) is -2.96. The van der Waals surface area contributed by atoms with E-state index < -0.39 is 11.9 Å². The van der Waals surface area contributed by atoms with Gasteiger partial charge >= 0.3 is 0 Å². The monoisotopic (exact) mass is 220 g/mol. The molecule has 0 aliphatic rings. The van der Waals surface area contributed by atoms with Gasteiger partial charge in [0.1, 0.15) is 0 Å².